The SMILES string of the molecule is O=C1O[C@H]([C@@H](O)CO)C(OCc2cccc(F)c2)=C1O. The van der Waals surface area contributed by atoms with Crippen molar-refractivity contribution in [3.8, 4) is 0 Å². The molecule has 0 amide bonds. The van der Waals surface area contributed by atoms with Crippen LogP contribution in [0.25, 0.3) is 0 Å². The van der Waals surface area contributed by atoms with E-state index in [1.54, 1.807) is 6.07 Å². The van der Waals surface area contributed by atoms with E-state index in [0.29, 0.717) is 5.56 Å². The van der Waals surface area contributed by atoms with E-state index in [1.807, 2.05) is 0 Å². The Morgan fingerprint density at radius 2 is 2.20 bits per heavy atom. The highest BCUT2D eigenvalue weighted by molar-refractivity contribution is 5.89. The van der Waals surface area contributed by atoms with Crippen molar-refractivity contribution < 1.29 is 34.0 Å². The van der Waals surface area contributed by atoms with E-state index in [9.17, 15) is 19.4 Å². The lowest BCUT2D eigenvalue weighted by Crippen LogP contribution is -2.32. The van der Waals surface area contributed by atoms with Crippen molar-refractivity contribution in [2.24, 2.45) is 0 Å². The zero-order valence-corrected chi connectivity index (χ0v) is 10.3. The maximum absolute atomic E-state index is 13.0. The number of rotatable bonds is 5. The minimum atomic E-state index is -1.41. The summed E-state index contributed by atoms with van der Waals surface area (Å²) in [5.41, 5.74) is 0.474. The zero-order chi connectivity index (χ0) is 14.7. The smallest absolute Gasteiger partial charge is 0.378 e. The number of benzene rings is 1. The maximum atomic E-state index is 13.0. The largest absolute Gasteiger partial charge is 0.499 e. The molecule has 0 radical (unpaired) electrons. The summed E-state index contributed by atoms with van der Waals surface area (Å²) in [4.78, 5) is 11.2. The number of hydrogen-bond donors (Lipinski definition) is 3. The lowest BCUT2D eigenvalue weighted by molar-refractivity contribution is -0.148. The third-order valence-corrected chi connectivity index (χ3v) is 2.74. The van der Waals surface area contributed by atoms with E-state index < -0.39 is 36.4 Å². The number of carbonyl (C=O) groups is 1. The van der Waals surface area contributed by atoms with Crippen LogP contribution < -0.4 is 0 Å². The third-order valence-electron chi connectivity index (χ3n) is 2.74. The fourth-order valence-corrected chi connectivity index (χ4v) is 1.75. The normalized spacial score (nSPS) is 19.9. The highest BCUT2D eigenvalue weighted by atomic mass is 19.1. The van der Waals surface area contributed by atoms with Crippen molar-refractivity contribution in [1.29, 1.82) is 0 Å². The van der Waals surface area contributed by atoms with E-state index in [4.69, 9.17) is 9.84 Å². The highest BCUT2D eigenvalue weighted by Crippen LogP contribution is 2.25. The summed E-state index contributed by atoms with van der Waals surface area (Å²) < 4.78 is 22.9. The number of carbonyl (C=O) groups excluding carboxylic acids is 1. The van der Waals surface area contributed by atoms with Gasteiger partial charge in [0, 0.05) is 0 Å². The van der Waals surface area contributed by atoms with Crippen molar-refractivity contribution in [3.63, 3.8) is 0 Å². The van der Waals surface area contributed by atoms with Gasteiger partial charge in [0.1, 0.15) is 18.5 Å². The fourth-order valence-electron chi connectivity index (χ4n) is 1.75. The topological polar surface area (TPSA) is 96.2 Å². The van der Waals surface area contributed by atoms with Crippen LogP contribution in [0.5, 0.6) is 0 Å². The van der Waals surface area contributed by atoms with Gasteiger partial charge in [-0.25, -0.2) is 9.18 Å². The molecule has 2 rings (SSSR count). The summed E-state index contributed by atoms with van der Waals surface area (Å²) in [5.74, 6) is -2.54. The number of hydrogen-bond acceptors (Lipinski definition) is 6. The predicted octanol–water partition coefficient (Wildman–Crippen LogP) is 0.391. The number of aliphatic hydroxyl groups excluding tert-OH is 3. The van der Waals surface area contributed by atoms with Gasteiger partial charge in [0.25, 0.3) is 0 Å². The van der Waals surface area contributed by atoms with Crippen LogP contribution in [0.15, 0.2) is 35.8 Å². The van der Waals surface area contributed by atoms with Gasteiger partial charge in [-0.3, -0.25) is 0 Å². The molecular weight excluding hydrogens is 271 g/mol. The molecule has 0 bridgehead atoms. The van der Waals surface area contributed by atoms with Crippen molar-refractivity contribution >= 4 is 5.97 Å². The van der Waals surface area contributed by atoms with Gasteiger partial charge in [-0.05, 0) is 17.7 Å². The zero-order valence-electron chi connectivity index (χ0n) is 10.3. The Morgan fingerprint density at radius 1 is 1.45 bits per heavy atom. The van der Waals surface area contributed by atoms with Crippen LogP contribution in [0.2, 0.25) is 0 Å². The molecule has 1 heterocycles. The Morgan fingerprint density at radius 3 is 2.85 bits per heavy atom. The Labute approximate surface area is 113 Å². The molecule has 7 heteroatoms. The molecule has 0 saturated carbocycles. The van der Waals surface area contributed by atoms with Crippen molar-refractivity contribution in [1.82, 2.24) is 0 Å². The summed E-state index contributed by atoms with van der Waals surface area (Å²) in [7, 11) is 0. The number of ether oxygens (including phenoxy) is 2. The first-order chi connectivity index (χ1) is 9.52. The standard InChI is InChI=1S/C13H13FO6/c14-8-3-1-2-7(4-8)6-19-12-10(17)13(18)20-11(12)9(16)5-15/h1-4,9,11,15-17H,5-6H2/t9-,11+/m0/s1. The van der Waals surface area contributed by atoms with E-state index in [2.05, 4.69) is 4.74 Å². The minimum Gasteiger partial charge on any atom is -0.499 e. The van der Waals surface area contributed by atoms with Crippen LogP contribution in [-0.4, -0.2) is 40.1 Å². The van der Waals surface area contributed by atoms with E-state index in [1.165, 1.54) is 18.2 Å². The summed E-state index contributed by atoms with van der Waals surface area (Å²) in [6.07, 6.45) is -2.69. The van der Waals surface area contributed by atoms with Gasteiger partial charge in [0.15, 0.2) is 11.9 Å². The van der Waals surface area contributed by atoms with Gasteiger partial charge in [0.2, 0.25) is 5.76 Å². The Bertz CT molecular complexity index is 541. The quantitative estimate of drug-likeness (QED) is 0.677. The van der Waals surface area contributed by atoms with Crippen molar-refractivity contribution in [2.75, 3.05) is 6.61 Å². The molecule has 0 unspecified atom stereocenters. The molecule has 3 N–H and O–H groups in total. The average Bonchev–Trinajstić information content (AvgIpc) is 2.72. The molecule has 1 aromatic rings. The van der Waals surface area contributed by atoms with Crippen LogP contribution in [-0.2, 0) is 20.9 Å². The van der Waals surface area contributed by atoms with Gasteiger partial charge in [-0.15, -0.1) is 0 Å². The van der Waals surface area contributed by atoms with Gasteiger partial charge in [0.05, 0.1) is 6.61 Å². The molecule has 0 fully saturated rings. The molecule has 1 aliphatic rings. The van der Waals surface area contributed by atoms with Crippen LogP contribution in [0.1, 0.15) is 5.56 Å². The molecule has 0 aliphatic carbocycles. The Hall–Kier alpha value is -2.12. The third kappa shape index (κ3) is 2.89. The molecule has 1 aliphatic heterocycles. The minimum absolute atomic E-state index is 0.123. The van der Waals surface area contributed by atoms with Crippen LogP contribution in [0.3, 0.4) is 0 Å². The molecule has 20 heavy (non-hydrogen) atoms. The summed E-state index contributed by atoms with van der Waals surface area (Å²) in [6, 6.07) is 5.57. The second kappa shape index (κ2) is 5.89. The lowest BCUT2D eigenvalue weighted by Gasteiger charge is -2.18. The van der Waals surface area contributed by atoms with E-state index in [-0.39, 0.29) is 12.4 Å². The monoisotopic (exact) mass is 284 g/mol. The van der Waals surface area contributed by atoms with Crippen molar-refractivity contribution in [2.45, 2.75) is 18.8 Å². The van der Waals surface area contributed by atoms with Crippen molar-refractivity contribution in [3.05, 3.63) is 47.2 Å². The summed E-state index contributed by atoms with van der Waals surface area (Å²) in [6.45, 7) is -0.791. The second-order valence-electron chi connectivity index (χ2n) is 4.21. The van der Waals surface area contributed by atoms with Crippen LogP contribution in [0.4, 0.5) is 4.39 Å². The second-order valence-corrected chi connectivity index (χ2v) is 4.21. The average molecular weight is 284 g/mol. The van der Waals surface area contributed by atoms with E-state index >= 15 is 0 Å². The molecule has 0 saturated heterocycles. The molecule has 1 aromatic carbocycles. The number of esters is 1. The Kier molecular flexibility index (Phi) is 4.21. The first-order valence-electron chi connectivity index (χ1n) is 5.83. The number of cyclic esters (lactones) is 1. The van der Waals surface area contributed by atoms with E-state index in [0.717, 1.165) is 0 Å². The van der Waals surface area contributed by atoms with Gasteiger partial charge in [-0.2, -0.15) is 0 Å². The number of halogens is 1. The number of aliphatic hydroxyl groups is 3. The predicted molar refractivity (Wildman–Crippen MR) is 63.8 cm³/mol. The lowest BCUT2D eigenvalue weighted by atomic mass is 10.2. The summed E-state index contributed by atoms with van der Waals surface area (Å²) in [5, 5.41) is 27.9. The molecule has 0 aromatic heterocycles. The first-order valence-corrected chi connectivity index (χ1v) is 5.83. The molecule has 0 spiro atoms. The molecular formula is C13H13FO6. The van der Waals surface area contributed by atoms with Crippen LogP contribution >= 0.6 is 0 Å². The Balaban J connectivity index is 2.11. The van der Waals surface area contributed by atoms with Gasteiger partial charge in [-0.1, -0.05) is 12.1 Å². The highest BCUT2D eigenvalue weighted by Gasteiger charge is 2.40. The maximum Gasteiger partial charge on any atom is 0.378 e. The van der Waals surface area contributed by atoms with Gasteiger partial charge >= 0.3 is 5.97 Å². The molecule has 2 atom stereocenters. The first kappa shape index (κ1) is 14.3. The molecule has 108 valence electrons. The summed E-state index contributed by atoms with van der Waals surface area (Å²) >= 11 is 0. The van der Waals surface area contributed by atoms with Gasteiger partial charge < -0.3 is 24.8 Å². The van der Waals surface area contributed by atoms with Crippen LogP contribution in [0, 0.1) is 5.82 Å². The fraction of sp³-hybridized carbons (Fsp3) is 0.308. The molecule has 6 nitrogen and oxygen atoms in total.